The Morgan fingerprint density at radius 1 is 0.966 bits per heavy atom. The molecule has 0 fully saturated rings. The normalized spacial score (nSPS) is 10.4. The lowest BCUT2D eigenvalue weighted by Crippen LogP contribution is -2.42. The molecule has 0 radical (unpaired) electrons. The van der Waals surface area contributed by atoms with Crippen molar-refractivity contribution in [1.29, 1.82) is 0 Å². The molecular formula is C21H26N4O4. The summed E-state index contributed by atoms with van der Waals surface area (Å²) in [4.78, 5) is 37.7. The van der Waals surface area contributed by atoms with Crippen molar-refractivity contribution in [2.45, 2.75) is 13.8 Å². The zero-order valence-electron chi connectivity index (χ0n) is 17.0. The Hall–Kier alpha value is -3.39. The van der Waals surface area contributed by atoms with Gasteiger partial charge < -0.3 is 15.4 Å². The molecule has 0 aliphatic rings. The van der Waals surface area contributed by atoms with Crippen LogP contribution in [0.3, 0.4) is 0 Å². The van der Waals surface area contributed by atoms with Gasteiger partial charge in [0.25, 0.3) is 0 Å². The molecule has 2 aromatic rings. The summed E-state index contributed by atoms with van der Waals surface area (Å²) < 4.78 is 5.11. The van der Waals surface area contributed by atoms with Crippen molar-refractivity contribution in [3.8, 4) is 5.75 Å². The molecule has 0 unspecified atom stereocenters. The molecule has 2 aromatic carbocycles. The van der Waals surface area contributed by atoms with Gasteiger partial charge in [-0.25, -0.2) is 4.79 Å². The van der Waals surface area contributed by atoms with Gasteiger partial charge in [0.2, 0.25) is 11.8 Å². The van der Waals surface area contributed by atoms with Crippen LogP contribution in [0.2, 0.25) is 0 Å². The fourth-order valence-electron chi connectivity index (χ4n) is 2.72. The molecule has 0 spiro atoms. The first kappa shape index (κ1) is 21.9. The van der Waals surface area contributed by atoms with Crippen molar-refractivity contribution in [3.05, 3.63) is 53.6 Å². The summed E-state index contributed by atoms with van der Waals surface area (Å²) in [5.74, 6) is -0.164. The summed E-state index contributed by atoms with van der Waals surface area (Å²) in [5, 5.41) is 7.64. The molecule has 0 bridgehead atoms. The molecular weight excluding hydrogens is 372 g/mol. The van der Waals surface area contributed by atoms with E-state index in [0.29, 0.717) is 17.1 Å². The van der Waals surface area contributed by atoms with Crippen molar-refractivity contribution >= 4 is 29.2 Å². The van der Waals surface area contributed by atoms with Gasteiger partial charge in [0, 0.05) is 17.4 Å². The smallest absolute Gasteiger partial charge is 0.325 e. The number of urea groups is 1. The van der Waals surface area contributed by atoms with E-state index in [4.69, 9.17) is 4.74 Å². The number of carbonyl (C=O) groups is 3. The number of nitrogens with zero attached hydrogens (tertiary/aromatic N) is 1. The summed E-state index contributed by atoms with van der Waals surface area (Å²) in [7, 11) is 3.16. The number of ether oxygens (including phenoxy) is 1. The highest BCUT2D eigenvalue weighted by molar-refractivity contribution is 6.02. The highest BCUT2D eigenvalue weighted by Gasteiger charge is 2.14. The first-order chi connectivity index (χ1) is 13.8. The molecule has 29 heavy (non-hydrogen) atoms. The highest BCUT2D eigenvalue weighted by atomic mass is 16.5. The number of hydrogen-bond donors (Lipinski definition) is 3. The molecule has 3 N–H and O–H groups in total. The van der Waals surface area contributed by atoms with Crippen LogP contribution in [0.25, 0.3) is 0 Å². The summed E-state index contributed by atoms with van der Waals surface area (Å²) in [6.45, 7) is 3.72. The molecule has 8 nitrogen and oxygen atoms in total. The lowest BCUT2D eigenvalue weighted by Gasteiger charge is -2.16. The van der Waals surface area contributed by atoms with Crippen LogP contribution in [0.4, 0.5) is 16.2 Å². The van der Waals surface area contributed by atoms with Crippen LogP contribution in [0.1, 0.15) is 11.1 Å². The predicted octanol–water partition coefficient (Wildman–Crippen LogP) is 2.53. The number of carbonyl (C=O) groups excluding carboxylic acids is 3. The zero-order chi connectivity index (χ0) is 21.4. The second-order valence-electron chi connectivity index (χ2n) is 6.77. The number of hydrogen-bond acceptors (Lipinski definition) is 5. The fraction of sp³-hybridized carbons (Fsp3) is 0.286. The highest BCUT2D eigenvalue weighted by Crippen LogP contribution is 2.17. The summed E-state index contributed by atoms with van der Waals surface area (Å²) >= 11 is 0. The third-order valence-electron chi connectivity index (χ3n) is 4.06. The largest absolute Gasteiger partial charge is 0.497 e. The van der Waals surface area contributed by atoms with Crippen LogP contribution >= 0.6 is 0 Å². The topological polar surface area (TPSA) is 99.8 Å². The third kappa shape index (κ3) is 7.27. The number of methoxy groups -OCH3 is 1. The fourth-order valence-corrected chi connectivity index (χ4v) is 2.72. The van der Waals surface area contributed by atoms with Gasteiger partial charge in [-0.3, -0.25) is 19.8 Å². The van der Waals surface area contributed by atoms with Gasteiger partial charge in [-0.1, -0.05) is 23.8 Å². The van der Waals surface area contributed by atoms with Gasteiger partial charge in [-0.2, -0.15) is 0 Å². The minimum absolute atomic E-state index is 0.0106. The summed E-state index contributed by atoms with van der Waals surface area (Å²) in [6, 6.07) is 12.0. The van der Waals surface area contributed by atoms with Crippen molar-refractivity contribution in [2.24, 2.45) is 0 Å². The number of anilines is 2. The van der Waals surface area contributed by atoms with E-state index in [1.54, 1.807) is 44.5 Å². The van der Waals surface area contributed by atoms with Crippen molar-refractivity contribution in [2.75, 3.05) is 37.9 Å². The molecule has 154 valence electrons. The van der Waals surface area contributed by atoms with Gasteiger partial charge in [-0.15, -0.1) is 0 Å². The van der Waals surface area contributed by atoms with Crippen LogP contribution in [-0.2, 0) is 9.59 Å². The Bertz CT molecular complexity index is 898. The second-order valence-corrected chi connectivity index (χ2v) is 6.77. The first-order valence-electron chi connectivity index (χ1n) is 9.07. The first-order valence-corrected chi connectivity index (χ1v) is 9.07. The lowest BCUT2D eigenvalue weighted by atomic mass is 10.1. The molecule has 0 aromatic heterocycles. The molecule has 0 saturated heterocycles. The van der Waals surface area contributed by atoms with Gasteiger partial charge in [0.15, 0.2) is 0 Å². The SMILES string of the molecule is COc1cccc(NC(=O)CN(C)CC(=O)NC(=O)Nc2ccc(C)cc2C)c1. The molecule has 0 aliphatic carbocycles. The lowest BCUT2D eigenvalue weighted by molar-refractivity contribution is -0.121. The van der Waals surface area contributed by atoms with E-state index >= 15 is 0 Å². The Kier molecular flexibility index (Phi) is 7.73. The van der Waals surface area contributed by atoms with E-state index < -0.39 is 11.9 Å². The van der Waals surface area contributed by atoms with Gasteiger partial charge in [0.05, 0.1) is 20.2 Å². The van der Waals surface area contributed by atoms with Crippen molar-refractivity contribution < 1.29 is 19.1 Å². The second kappa shape index (κ2) is 10.2. The molecule has 8 heteroatoms. The number of imide groups is 1. The standard InChI is InChI=1S/C21H26N4O4/c1-14-8-9-18(15(2)10-14)23-21(28)24-20(27)13-25(3)12-19(26)22-16-6-5-7-17(11-16)29-4/h5-11H,12-13H2,1-4H3,(H,22,26)(H2,23,24,27,28). The summed E-state index contributed by atoms with van der Waals surface area (Å²) in [5.41, 5.74) is 3.21. The van der Waals surface area contributed by atoms with E-state index in [0.717, 1.165) is 11.1 Å². The maximum atomic E-state index is 12.1. The maximum absolute atomic E-state index is 12.1. The monoisotopic (exact) mass is 398 g/mol. The third-order valence-corrected chi connectivity index (χ3v) is 4.06. The van der Waals surface area contributed by atoms with E-state index in [1.165, 1.54) is 4.90 Å². The van der Waals surface area contributed by atoms with Crippen LogP contribution in [0.15, 0.2) is 42.5 Å². The molecule has 4 amide bonds. The Balaban J connectivity index is 1.78. The molecule has 0 saturated carbocycles. The number of amides is 4. The zero-order valence-corrected chi connectivity index (χ0v) is 17.0. The van der Waals surface area contributed by atoms with Gasteiger partial charge in [-0.05, 0) is 44.7 Å². The van der Waals surface area contributed by atoms with E-state index in [2.05, 4.69) is 16.0 Å². The van der Waals surface area contributed by atoms with E-state index in [-0.39, 0.29) is 19.0 Å². The summed E-state index contributed by atoms with van der Waals surface area (Å²) in [6.07, 6.45) is 0. The quantitative estimate of drug-likeness (QED) is 0.666. The van der Waals surface area contributed by atoms with Crippen LogP contribution in [0.5, 0.6) is 5.75 Å². The number of rotatable bonds is 7. The van der Waals surface area contributed by atoms with Gasteiger partial charge >= 0.3 is 6.03 Å². The minimum atomic E-state index is -0.615. The van der Waals surface area contributed by atoms with E-state index in [9.17, 15) is 14.4 Å². The predicted molar refractivity (Wildman–Crippen MR) is 112 cm³/mol. The number of aryl methyl sites for hydroxylation is 2. The average Bonchev–Trinajstić information content (AvgIpc) is 2.63. The van der Waals surface area contributed by atoms with Crippen LogP contribution in [0, 0.1) is 13.8 Å². The van der Waals surface area contributed by atoms with Crippen LogP contribution < -0.4 is 20.7 Å². The number of nitrogens with one attached hydrogen (secondary N) is 3. The van der Waals surface area contributed by atoms with E-state index in [1.807, 2.05) is 26.0 Å². The molecule has 2 rings (SSSR count). The minimum Gasteiger partial charge on any atom is -0.497 e. The Morgan fingerprint density at radius 2 is 1.69 bits per heavy atom. The van der Waals surface area contributed by atoms with Crippen molar-refractivity contribution in [1.82, 2.24) is 10.2 Å². The van der Waals surface area contributed by atoms with Crippen LogP contribution in [-0.4, -0.2) is 50.0 Å². The Morgan fingerprint density at radius 3 is 2.38 bits per heavy atom. The molecule has 0 aliphatic heterocycles. The number of likely N-dealkylation sites (N-methyl/N-ethyl adjacent to an activating group) is 1. The number of benzene rings is 2. The van der Waals surface area contributed by atoms with Gasteiger partial charge in [0.1, 0.15) is 5.75 Å². The van der Waals surface area contributed by atoms with Crippen molar-refractivity contribution in [3.63, 3.8) is 0 Å². The molecule has 0 heterocycles. The molecule has 0 atom stereocenters. The Labute approximate surface area is 170 Å². The maximum Gasteiger partial charge on any atom is 0.325 e. The average molecular weight is 398 g/mol.